The Morgan fingerprint density at radius 1 is 1.29 bits per heavy atom. The summed E-state index contributed by atoms with van der Waals surface area (Å²) >= 11 is 0. The molecule has 0 spiro atoms. The highest BCUT2D eigenvalue weighted by Gasteiger charge is 2.19. The van der Waals surface area contributed by atoms with Crippen LogP contribution in [0.5, 0.6) is 0 Å². The highest BCUT2D eigenvalue weighted by Crippen LogP contribution is 2.05. The van der Waals surface area contributed by atoms with Crippen LogP contribution in [0.4, 0.5) is 0 Å². The van der Waals surface area contributed by atoms with Crippen molar-refractivity contribution in [2.75, 3.05) is 52.1 Å². The molecule has 0 saturated carbocycles. The van der Waals surface area contributed by atoms with Gasteiger partial charge in [0.05, 0.1) is 5.75 Å². The lowest BCUT2D eigenvalue weighted by atomic mass is 10.2. The first-order valence-electron chi connectivity index (χ1n) is 7.34. The summed E-state index contributed by atoms with van der Waals surface area (Å²) < 4.78 is 26.0. The summed E-state index contributed by atoms with van der Waals surface area (Å²) in [7, 11) is -1.52. The molecular formula is C14H24N4O2S. The smallest absolute Gasteiger partial charge is 0.214 e. The van der Waals surface area contributed by atoms with Gasteiger partial charge in [0.2, 0.25) is 10.0 Å². The summed E-state index contributed by atoms with van der Waals surface area (Å²) in [4.78, 5) is 6.23. The van der Waals surface area contributed by atoms with E-state index in [1.165, 1.54) is 4.31 Å². The predicted octanol–water partition coefficient (Wildman–Crippen LogP) is -0.209. The first-order chi connectivity index (χ1) is 10.1. The van der Waals surface area contributed by atoms with Crippen molar-refractivity contribution >= 4 is 10.0 Å². The highest BCUT2D eigenvalue weighted by atomic mass is 32.2. The molecule has 118 valence electrons. The van der Waals surface area contributed by atoms with Crippen LogP contribution in [0.25, 0.3) is 0 Å². The van der Waals surface area contributed by atoms with E-state index < -0.39 is 10.0 Å². The van der Waals surface area contributed by atoms with Crippen LogP contribution in [0.3, 0.4) is 0 Å². The van der Waals surface area contributed by atoms with Crippen LogP contribution in [0.2, 0.25) is 0 Å². The molecule has 1 aliphatic heterocycles. The fourth-order valence-corrected chi connectivity index (χ4v) is 3.47. The zero-order chi connectivity index (χ0) is 15.1. The second-order valence-electron chi connectivity index (χ2n) is 5.33. The van der Waals surface area contributed by atoms with Gasteiger partial charge in [-0.05, 0) is 24.1 Å². The summed E-state index contributed by atoms with van der Waals surface area (Å²) in [5.41, 5.74) is 1.00. The van der Waals surface area contributed by atoms with E-state index in [9.17, 15) is 8.42 Å². The molecular weight excluding hydrogens is 288 g/mol. The van der Waals surface area contributed by atoms with Crippen LogP contribution < -0.4 is 5.32 Å². The van der Waals surface area contributed by atoms with Crippen LogP contribution in [0.1, 0.15) is 5.56 Å². The molecule has 1 aromatic heterocycles. The Morgan fingerprint density at radius 2 is 1.95 bits per heavy atom. The Labute approximate surface area is 127 Å². The molecule has 1 saturated heterocycles. The van der Waals surface area contributed by atoms with Gasteiger partial charge in [-0.1, -0.05) is 0 Å². The van der Waals surface area contributed by atoms with E-state index in [1.54, 1.807) is 19.4 Å². The number of nitrogens with zero attached hydrogens (tertiary/aromatic N) is 3. The lowest BCUT2D eigenvalue weighted by Gasteiger charge is -2.28. The van der Waals surface area contributed by atoms with Crippen molar-refractivity contribution in [2.45, 2.75) is 6.42 Å². The molecule has 0 radical (unpaired) electrons. The van der Waals surface area contributed by atoms with E-state index in [1.807, 2.05) is 12.1 Å². The van der Waals surface area contributed by atoms with Crippen LogP contribution in [0, 0.1) is 0 Å². The van der Waals surface area contributed by atoms with Crippen molar-refractivity contribution in [1.29, 1.82) is 0 Å². The maximum Gasteiger partial charge on any atom is 0.214 e. The molecule has 7 heteroatoms. The molecule has 0 amide bonds. The van der Waals surface area contributed by atoms with Crippen molar-refractivity contribution in [2.24, 2.45) is 0 Å². The SMILES string of the molecule is CN(CCN1CCNCC1)S(=O)(=O)CCc1ccncc1. The highest BCUT2D eigenvalue weighted by molar-refractivity contribution is 7.89. The normalized spacial score (nSPS) is 17.2. The van der Waals surface area contributed by atoms with Gasteiger partial charge in [-0.15, -0.1) is 0 Å². The fourth-order valence-electron chi connectivity index (χ4n) is 2.31. The van der Waals surface area contributed by atoms with Crippen LogP contribution in [0.15, 0.2) is 24.5 Å². The molecule has 0 bridgehead atoms. The minimum atomic E-state index is -3.19. The molecule has 2 heterocycles. The Kier molecular flexibility index (Phi) is 6.10. The van der Waals surface area contributed by atoms with Gasteiger partial charge in [0.1, 0.15) is 0 Å². The monoisotopic (exact) mass is 312 g/mol. The van der Waals surface area contributed by atoms with E-state index in [0.717, 1.165) is 38.3 Å². The number of likely N-dealkylation sites (N-methyl/N-ethyl adjacent to an activating group) is 1. The van der Waals surface area contributed by atoms with Gasteiger partial charge in [0.25, 0.3) is 0 Å². The van der Waals surface area contributed by atoms with E-state index in [-0.39, 0.29) is 5.75 Å². The average molecular weight is 312 g/mol. The summed E-state index contributed by atoms with van der Waals surface area (Å²) in [5.74, 6) is 0.148. The maximum absolute atomic E-state index is 12.3. The second-order valence-corrected chi connectivity index (χ2v) is 7.53. The summed E-state index contributed by atoms with van der Waals surface area (Å²) in [6.45, 7) is 5.30. The van der Waals surface area contributed by atoms with E-state index in [2.05, 4.69) is 15.2 Å². The zero-order valence-corrected chi connectivity index (χ0v) is 13.3. The Balaban J connectivity index is 1.78. The first-order valence-corrected chi connectivity index (χ1v) is 8.95. The lowest BCUT2D eigenvalue weighted by molar-refractivity contribution is 0.229. The Morgan fingerprint density at radius 3 is 2.62 bits per heavy atom. The van der Waals surface area contributed by atoms with Crippen molar-refractivity contribution in [3.63, 3.8) is 0 Å². The molecule has 1 aliphatic rings. The minimum Gasteiger partial charge on any atom is -0.314 e. The zero-order valence-electron chi connectivity index (χ0n) is 12.5. The summed E-state index contributed by atoms with van der Waals surface area (Å²) in [6.07, 6.45) is 3.91. The number of hydrogen-bond donors (Lipinski definition) is 1. The van der Waals surface area contributed by atoms with E-state index in [0.29, 0.717) is 13.0 Å². The summed E-state index contributed by atoms with van der Waals surface area (Å²) in [5, 5.41) is 3.29. The quantitative estimate of drug-likeness (QED) is 0.755. The van der Waals surface area contributed by atoms with Crippen molar-refractivity contribution in [3.05, 3.63) is 30.1 Å². The average Bonchev–Trinajstić information content (AvgIpc) is 2.52. The third-order valence-corrected chi connectivity index (χ3v) is 5.67. The van der Waals surface area contributed by atoms with Crippen LogP contribution in [-0.4, -0.2) is 74.7 Å². The fraction of sp³-hybridized carbons (Fsp3) is 0.643. The molecule has 1 aromatic rings. The van der Waals surface area contributed by atoms with Gasteiger partial charge in [0, 0.05) is 58.7 Å². The van der Waals surface area contributed by atoms with Gasteiger partial charge < -0.3 is 5.32 Å². The second kappa shape index (κ2) is 7.84. The largest absolute Gasteiger partial charge is 0.314 e. The van der Waals surface area contributed by atoms with Crippen molar-refractivity contribution in [1.82, 2.24) is 19.5 Å². The Bertz CT molecular complexity index is 515. The standard InChI is InChI=1S/C14H24N4O2S/c1-17(11-12-18-9-7-16-8-10-18)21(19,20)13-4-14-2-5-15-6-3-14/h2-3,5-6,16H,4,7-13H2,1H3. The first kappa shape index (κ1) is 16.4. The molecule has 1 fully saturated rings. The van der Waals surface area contributed by atoms with E-state index >= 15 is 0 Å². The van der Waals surface area contributed by atoms with Gasteiger partial charge >= 0.3 is 0 Å². The molecule has 0 aromatic carbocycles. The number of aryl methyl sites for hydroxylation is 1. The van der Waals surface area contributed by atoms with Crippen LogP contribution >= 0.6 is 0 Å². The summed E-state index contributed by atoms with van der Waals surface area (Å²) in [6, 6.07) is 3.71. The maximum atomic E-state index is 12.3. The van der Waals surface area contributed by atoms with Gasteiger partial charge in [0.15, 0.2) is 0 Å². The number of nitrogens with one attached hydrogen (secondary N) is 1. The number of rotatable bonds is 7. The number of sulfonamides is 1. The van der Waals surface area contributed by atoms with Gasteiger partial charge in [-0.2, -0.15) is 0 Å². The molecule has 6 nitrogen and oxygen atoms in total. The number of hydrogen-bond acceptors (Lipinski definition) is 5. The van der Waals surface area contributed by atoms with Gasteiger partial charge in [-0.25, -0.2) is 12.7 Å². The number of pyridine rings is 1. The van der Waals surface area contributed by atoms with E-state index in [4.69, 9.17) is 0 Å². The minimum absolute atomic E-state index is 0.148. The van der Waals surface area contributed by atoms with Crippen LogP contribution in [-0.2, 0) is 16.4 Å². The van der Waals surface area contributed by atoms with Crippen molar-refractivity contribution < 1.29 is 8.42 Å². The van der Waals surface area contributed by atoms with Gasteiger partial charge in [-0.3, -0.25) is 9.88 Å². The molecule has 0 atom stereocenters. The molecule has 0 unspecified atom stereocenters. The lowest BCUT2D eigenvalue weighted by Crippen LogP contribution is -2.46. The Hall–Kier alpha value is -1.02. The molecule has 21 heavy (non-hydrogen) atoms. The number of piperazine rings is 1. The third-order valence-electron chi connectivity index (χ3n) is 3.81. The topological polar surface area (TPSA) is 65.5 Å². The molecule has 1 N–H and O–H groups in total. The molecule has 0 aliphatic carbocycles. The predicted molar refractivity (Wildman–Crippen MR) is 83.7 cm³/mol. The molecule has 2 rings (SSSR count). The van der Waals surface area contributed by atoms with Crippen molar-refractivity contribution in [3.8, 4) is 0 Å². The third kappa shape index (κ3) is 5.35. The number of aromatic nitrogens is 1.